The lowest BCUT2D eigenvalue weighted by Gasteiger charge is -2.12. The van der Waals surface area contributed by atoms with Crippen molar-refractivity contribution in [3.8, 4) is 0 Å². The monoisotopic (exact) mass is 163 g/mol. The molecule has 1 fully saturated rings. The predicted octanol–water partition coefficient (Wildman–Crippen LogP) is 0.505. The van der Waals surface area contributed by atoms with Gasteiger partial charge in [-0.1, -0.05) is 18.2 Å². The number of hydrogen-bond donors (Lipinski definition) is 0. The molecule has 2 aliphatic carbocycles. The molecule has 12 heavy (non-hydrogen) atoms. The van der Waals surface area contributed by atoms with Gasteiger partial charge in [0.25, 0.3) is 0 Å². The lowest BCUT2D eigenvalue weighted by Crippen LogP contribution is -2.19. The fourth-order valence-electron chi connectivity index (χ4n) is 2.25. The molecule has 0 aromatic carbocycles. The molecule has 0 radical (unpaired) electrons. The van der Waals surface area contributed by atoms with Crippen molar-refractivity contribution in [3.63, 3.8) is 0 Å². The molecule has 2 heteroatoms. The van der Waals surface area contributed by atoms with Gasteiger partial charge in [0.15, 0.2) is 0 Å². The molecule has 2 rings (SSSR count). The Morgan fingerprint density at radius 1 is 1.42 bits per heavy atom. The van der Waals surface area contributed by atoms with Gasteiger partial charge in [-0.25, -0.2) is 0 Å². The van der Waals surface area contributed by atoms with Crippen LogP contribution < -0.4 is 5.11 Å². The van der Waals surface area contributed by atoms with Crippen molar-refractivity contribution in [1.29, 1.82) is 0 Å². The van der Waals surface area contributed by atoms with Crippen molar-refractivity contribution in [2.75, 3.05) is 0 Å². The molecule has 0 heterocycles. The number of carboxylic acids is 1. The Hall–Kier alpha value is -1.05. The first-order valence-corrected chi connectivity index (χ1v) is 4.33. The summed E-state index contributed by atoms with van der Waals surface area (Å²) in [6, 6.07) is 0. The van der Waals surface area contributed by atoms with E-state index < -0.39 is 5.97 Å². The molecule has 0 aromatic heterocycles. The summed E-state index contributed by atoms with van der Waals surface area (Å²) in [7, 11) is 0. The Morgan fingerprint density at radius 2 is 2.25 bits per heavy atom. The molecular formula is C10H11O2-. The molecule has 0 unspecified atom stereocenters. The number of fused-ring (bicyclic) bond motifs is 2. The zero-order chi connectivity index (χ0) is 8.55. The van der Waals surface area contributed by atoms with Gasteiger partial charge in [-0.2, -0.15) is 0 Å². The molecule has 0 amide bonds. The van der Waals surface area contributed by atoms with E-state index in [-0.39, 0.29) is 0 Å². The molecule has 1 saturated carbocycles. The van der Waals surface area contributed by atoms with E-state index in [1.54, 1.807) is 6.08 Å². The third kappa shape index (κ3) is 1.29. The summed E-state index contributed by atoms with van der Waals surface area (Å²) in [6.45, 7) is 0. The SMILES string of the molecule is O=C([O-])C=C[C@H]1C[C@H]2C=C[C@H]1C2. The first-order valence-electron chi connectivity index (χ1n) is 4.33. The van der Waals surface area contributed by atoms with Crippen LogP contribution in [-0.4, -0.2) is 5.97 Å². The van der Waals surface area contributed by atoms with Crippen LogP contribution in [0.3, 0.4) is 0 Å². The minimum Gasteiger partial charge on any atom is -0.545 e. The average Bonchev–Trinajstić information content (AvgIpc) is 2.60. The third-order valence-corrected chi connectivity index (χ3v) is 2.81. The van der Waals surface area contributed by atoms with Gasteiger partial charge < -0.3 is 9.90 Å². The highest BCUT2D eigenvalue weighted by Crippen LogP contribution is 2.43. The van der Waals surface area contributed by atoms with Crippen molar-refractivity contribution in [2.45, 2.75) is 12.8 Å². The van der Waals surface area contributed by atoms with Crippen molar-refractivity contribution in [3.05, 3.63) is 24.3 Å². The zero-order valence-corrected chi connectivity index (χ0v) is 6.77. The molecule has 64 valence electrons. The van der Waals surface area contributed by atoms with Crippen LogP contribution >= 0.6 is 0 Å². The van der Waals surface area contributed by atoms with E-state index in [2.05, 4.69) is 12.2 Å². The van der Waals surface area contributed by atoms with Gasteiger partial charge in [-0.15, -0.1) is 0 Å². The Balaban J connectivity index is 1.99. The molecule has 3 atom stereocenters. The van der Waals surface area contributed by atoms with Crippen LogP contribution in [-0.2, 0) is 4.79 Å². The second-order valence-corrected chi connectivity index (χ2v) is 3.62. The summed E-state index contributed by atoms with van der Waals surface area (Å²) in [5.41, 5.74) is 0. The minimum atomic E-state index is -1.08. The van der Waals surface area contributed by atoms with E-state index in [9.17, 15) is 9.90 Å². The fourth-order valence-corrected chi connectivity index (χ4v) is 2.25. The quantitative estimate of drug-likeness (QED) is 0.439. The summed E-state index contributed by atoms with van der Waals surface area (Å²) in [6.07, 6.45) is 9.72. The maximum Gasteiger partial charge on any atom is 0.0639 e. The van der Waals surface area contributed by atoms with Gasteiger partial charge >= 0.3 is 0 Å². The fraction of sp³-hybridized carbons (Fsp3) is 0.500. The highest BCUT2D eigenvalue weighted by atomic mass is 16.4. The van der Waals surface area contributed by atoms with Gasteiger partial charge in [-0.05, 0) is 36.7 Å². The van der Waals surface area contributed by atoms with Gasteiger partial charge in [0.05, 0.1) is 5.97 Å². The first kappa shape index (κ1) is 7.59. The summed E-state index contributed by atoms with van der Waals surface area (Å²) < 4.78 is 0. The van der Waals surface area contributed by atoms with Crippen LogP contribution in [0.15, 0.2) is 24.3 Å². The smallest absolute Gasteiger partial charge is 0.0639 e. The number of rotatable bonds is 2. The van der Waals surface area contributed by atoms with Crippen LogP contribution in [0.5, 0.6) is 0 Å². The molecular weight excluding hydrogens is 152 g/mol. The number of hydrogen-bond acceptors (Lipinski definition) is 2. The molecule has 0 aromatic rings. The Kier molecular flexibility index (Phi) is 1.75. The standard InChI is InChI=1S/C10H12O2/c11-10(12)4-3-9-6-7-1-2-8(9)5-7/h1-4,7-9H,5-6H2,(H,11,12)/p-1/t7-,8-,9-/m0/s1. The normalized spacial score (nSPS) is 38.2. The maximum atomic E-state index is 10.1. The summed E-state index contributed by atoms with van der Waals surface area (Å²) in [5, 5.41) is 10.1. The van der Waals surface area contributed by atoms with Crippen LogP contribution in [0.4, 0.5) is 0 Å². The summed E-state index contributed by atoms with van der Waals surface area (Å²) in [5.74, 6) is 0.650. The summed E-state index contributed by atoms with van der Waals surface area (Å²) in [4.78, 5) is 10.1. The summed E-state index contributed by atoms with van der Waals surface area (Å²) >= 11 is 0. The number of carbonyl (C=O) groups excluding carboxylic acids is 1. The zero-order valence-electron chi connectivity index (χ0n) is 6.77. The lowest BCUT2D eigenvalue weighted by molar-refractivity contribution is -0.297. The Morgan fingerprint density at radius 3 is 2.75 bits per heavy atom. The molecule has 2 nitrogen and oxygen atoms in total. The van der Waals surface area contributed by atoms with E-state index in [0.717, 1.165) is 6.42 Å². The van der Waals surface area contributed by atoms with Gasteiger partial charge in [0.2, 0.25) is 0 Å². The molecule has 0 N–H and O–H groups in total. The molecule has 2 aliphatic rings. The van der Waals surface area contributed by atoms with Crippen molar-refractivity contribution in [2.24, 2.45) is 17.8 Å². The van der Waals surface area contributed by atoms with E-state index in [0.29, 0.717) is 17.8 Å². The van der Waals surface area contributed by atoms with E-state index in [4.69, 9.17) is 0 Å². The Labute approximate surface area is 71.6 Å². The van der Waals surface area contributed by atoms with E-state index in [1.165, 1.54) is 12.5 Å². The predicted molar refractivity (Wildman–Crippen MR) is 43.0 cm³/mol. The maximum absolute atomic E-state index is 10.1. The highest BCUT2D eigenvalue weighted by Gasteiger charge is 2.33. The minimum absolute atomic E-state index is 0.442. The number of aliphatic carboxylic acids is 1. The third-order valence-electron chi connectivity index (χ3n) is 2.81. The van der Waals surface area contributed by atoms with Crippen molar-refractivity contribution in [1.82, 2.24) is 0 Å². The molecule has 0 aliphatic heterocycles. The second kappa shape index (κ2) is 2.77. The van der Waals surface area contributed by atoms with Crippen LogP contribution in [0.25, 0.3) is 0 Å². The van der Waals surface area contributed by atoms with Gasteiger partial charge in [0, 0.05) is 0 Å². The first-order chi connectivity index (χ1) is 5.75. The van der Waals surface area contributed by atoms with Crippen molar-refractivity contribution >= 4 is 5.97 Å². The second-order valence-electron chi connectivity index (χ2n) is 3.62. The molecule has 2 bridgehead atoms. The highest BCUT2D eigenvalue weighted by molar-refractivity contribution is 5.77. The lowest BCUT2D eigenvalue weighted by atomic mass is 9.93. The van der Waals surface area contributed by atoms with Gasteiger partial charge in [0.1, 0.15) is 0 Å². The Bertz CT molecular complexity index is 253. The van der Waals surface area contributed by atoms with E-state index in [1.807, 2.05) is 0 Å². The average molecular weight is 163 g/mol. The number of carboxylic acid groups (broad SMARTS) is 1. The van der Waals surface area contributed by atoms with Crippen LogP contribution in [0.1, 0.15) is 12.8 Å². The topological polar surface area (TPSA) is 40.1 Å². The number of allylic oxidation sites excluding steroid dienone is 3. The van der Waals surface area contributed by atoms with E-state index >= 15 is 0 Å². The van der Waals surface area contributed by atoms with Gasteiger partial charge in [-0.3, -0.25) is 0 Å². The van der Waals surface area contributed by atoms with Crippen molar-refractivity contribution < 1.29 is 9.90 Å². The molecule has 0 saturated heterocycles. The largest absolute Gasteiger partial charge is 0.545 e. The number of carbonyl (C=O) groups is 1. The van der Waals surface area contributed by atoms with Crippen LogP contribution in [0.2, 0.25) is 0 Å². The van der Waals surface area contributed by atoms with Crippen LogP contribution in [0, 0.1) is 17.8 Å². The molecule has 0 spiro atoms.